The van der Waals surface area contributed by atoms with E-state index in [-0.39, 0.29) is 17.4 Å². The minimum Gasteiger partial charge on any atom is -0.366 e. The Morgan fingerprint density at radius 1 is 0.966 bits per heavy atom. The first kappa shape index (κ1) is 19.9. The van der Waals surface area contributed by atoms with Crippen molar-refractivity contribution in [2.75, 3.05) is 16.0 Å². The molecule has 0 spiro atoms. The highest BCUT2D eigenvalue weighted by Gasteiger charge is 2.11. The molecule has 0 bridgehead atoms. The highest BCUT2D eigenvalue weighted by molar-refractivity contribution is 6.03. The van der Waals surface area contributed by atoms with E-state index in [0.717, 1.165) is 5.56 Å². The Bertz CT molecular complexity index is 1040. The summed E-state index contributed by atoms with van der Waals surface area (Å²) in [5.41, 5.74) is 2.18. The second-order valence-electron chi connectivity index (χ2n) is 6.38. The number of aromatic nitrogens is 2. The molecule has 2 amide bonds. The number of carbonyl (C=O) groups excluding carboxylic acids is 2. The van der Waals surface area contributed by atoms with Crippen LogP contribution in [0.1, 0.15) is 28.8 Å². The summed E-state index contributed by atoms with van der Waals surface area (Å²) in [7, 11) is 0. The molecule has 8 heteroatoms. The number of aryl methyl sites for hydroxylation is 1. The molecule has 0 saturated carbocycles. The number of amides is 2. The summed E-state index contributed by atoms with van der Waals surface area (Å²) in [5, 5.41) is 8.53. The van der Waals surface area contributed by atoms with Gasteiger partial charge in [0, 0.05) is 30.9 Å². The second-order valence-corrected chi connectivity index (χ2v) is 6.38. The van der Waals surface area contributed by atoms with Crippen LogP contribution in [0.15, 0.2) is 54.6 Å². The molecular weight excluding hydrogens is 373 g/mol. The average Bonchev–Trinajstić information content (AvgIpc) is 2.67. The van der Waals surface area contributed by atoms with E-state index in [1.165, 1.54) is 19.1 Å². The fraction of sp³-hybridized carbons (Fsp3) is 0.143. The predicted octanol–water partition coefficient (Wildman–Crippen LogP) is 3.75. The van der Waals surface area contributed by atoms with Gasteiger partial charge in [0.1, 0.15) is 23.2 Å². The number of carbonyl (C=O) groups is 2. The topological polar surface area (TPSA) is 96.0 Å². The first-order chi connectivity index (χ1) is 13.9. The van der Waals surface area contributed by atoms with Crippen molar-refractivity contribution in [1.29, 1.82) is 0 Å². The lowest BCUT2D eigenvalue weighted by molar-refractivity contribution is -0.114. The van der Waals surface area contributed by atoms with Gasteiger partial charge < -0.3 is 16.0 Å². The zero-order valence-corrected chi connectivity index (χ0v) is 16.0. The number of nitrogens with one attached hydrogen (secondary N) is 3. The van der Waals surface area contributed by atoms with Crippen LogP contribution in [0, 0.1) is 12.7 Å². The lowest BCUT2D eigenvalue weighted by Gasteiger charge is -2.10. The summed E-state index contributed by atoms with van der Waals surface area (Å²) in [4.78, 5) is 32.3. The maximum atomic E-state index is 13.0. The average molecular weight is 393 g/mol. The van der Waals surface area contributed by atoms with E-state index in [1.54, 1.807) is 49.4 Å². The summed E-state index contributed by atoms with van der Waals surface area (Å²) in [6, 6.07) is 14.5. The normalized spacial score (nSPS) is 10.3. The largest absolute Gasteiger partial charge is 0.366 e. The van der Waals surface area contributed by atoms with Crippen LogP contribution in [0.25, 0.3) is 0 Å². The molecule has 0 aliphatic carbocycles. The standard InChI is InChI=1S/C21H20FN5O2/c1-13-24-19(11-20(25-13)23-12-15-6-8-16(22)9-7-15)21(29)27-18-5-3-4-17(10-18)26-14(2)28/h3-11H,12H2,1-2H3,(H,26,28)(H,27,29)(H,23,24,25). The summed E-state index contributed by atoms with van der Waals surface area (Å²) in [6.07, 6.45) is 0. The number of hydrogen-bond donors (Lipinski definition) is 3. The summed E-state index contributed by atoms with van der Waals surface area (Å²) in [6.45, 7) is 3.53. The van der Waals surface area contributed by atoms with Crippen LogP contribution in [-0.2, 0) is 11.3 Å². The van der Waals surface area contributed by atoms with E-state index in [9.17, 15) is 14.0 Å². The molecule has 3 aromatic rings. The molecule has 0 aliphatic rings. The Kier molecular flexibility index (Phi) is 6.13. The van der Waals surface area contributed by atoms with Crippen LogP contribution >= 0.6 is 0 Å². The smallest absolute Gasteiger partial charge is 0.274 e. The molecule has 3 N–H and O–H groups in total. The van der Waals surface area contributed by atoms with Gasteiger partial charge in [-0.15, -0.1) is 0 Å². The summed E-state index contributed by atoms with van der Waals surface area (Å²) >= 11 is 0. The number of benzene rings is 2. The van der Waals surface area contributed by atoms with E-state index in [4.69, 9.17) is 0 Å². The van der Waals surface area contributed by atoms with Gasteiger partial charge in [-0.1, -0.05) is 18.2 Å². The number of anilines is 3. The Morgan fingerprint density at radius 2 is 1.66 bits per heavy atom. The van der Waals surface area contributed by atoms with Crippen LogP contribution in [0.5, 0.6) is 0 Å². The Morgan fingerprint density at radius 3 is 2.34 bits per heavy atom. The van der Waals surface area contributed by atoms with E-state index >= 15 is 0 Å². The molecule has 7 nitrogen and oxygen atoms in total. The van der Waals surface area contributed by atoms with Crippen LogP contribution in [-0.4, -0.2) is 21.8 Å². The van der Waals surface area contributed by atoms with Gasteiger partial charge in [-0.2, -0.15) is 0 Å². The molecule has 1 aromatic heterocycles. The second kappa shape index (κ2) is 8.92. The molecule has 0 fully saturated rings. The third-order valence-corrected chi connectivity index (χ3v) is 3.90. The van der Waals surface area contributed by atoms with Crippen LogP contribution in [0.3, 0.4) is 0 Å². The number of rotatable bonds is 6. The van der Waals surface area contributed by atoms with Crippen molar-refractivity contribution < 1.29 is 14.0 Å². The molecule has 0 saturated heterocycles. The van der Waals surface area contributed by atoms with Crippen molar-refractivity contribution in [3.63, 3.8) is 0 Å². The van der Waals surface area contributed by atoms with E-state index in [0.29, 0.717) is 29.6 Å². The first-order valence-corrected chi connectivity index (χ1v) is 8.92. The first-order valence-electron chi connectivity index (χ1n) is 8.92. The Balaban J connectivity index is 1.70. The fourth-order valence-electron chi connectivity index (χ4n) is 2.64. The van der Waals surface area contributed by atoms with Crippen molar-refractivity contribution in [1.82, 2.24) is 9.97 Å². The molecule has 0 atom stereocenters. The van der Waals surface area contributed by atoms with Gasteiger partial charge in [0.05, 0.1) is 0 Å². The van der Waals surface area contributed by atoms with Crippen LogP contribution in [0.4, 0.5) is 21.6 Å². The Hall–Kier alpha value is -3.81. The predicted molar refractivity (Wildman–Crippen MR) is 109 cm³/mol. The maximum absolute atomic E-state index is 13.0. The third-order valence-electron chi connectivity index (χ3n) is 3.90. The van der Waals surface area contributed by atoms with Crippen LogP contribution in [0.2, 0.25) is 0 Å². The van der Waals surface area contributed by atoms with E-state index < -0.39 is 5.91 Å². The zero-order chi connectivity index (χ0) is 20.8. The van der Waals surface area contributed by atoms with Gasteiger partial charge >= 0.3 is 0 Å². The van der Waals surface area contributed by atoms with Gasteiger partial charge in [0.2, 0.25) is 5.91 Å². The number of hydrogen-bond acceptors (Lipinski definition) is 5. The molecule has 1 heterocycles. The SMILES string of the molecule is CC(=O)Nc1cccc(NC(=O)c2cc(NCc3ccc(F)cc3)nc(C)n2)c1. The summed E-state index contributed by atoms with van der Waals surface area (Å²) < 4.78 is 13.0. The maximum Gasteiger partial charge on any atom is 0.274 e. The van der Waals surface area contributed by atoms with Gasteiger partial charge in [0.15, 0.2) is 0 Å². The Labute approximate surface area is 167 Å². The highest BCUT2D eigenvalue weighted by atomic mass is 19.1. The molecule has 0 unspecified atom stereocenters. The molecule has 2 aromatic carbocycles. The lowest BCUT2D eigenvalue weighted by Crippen LogP contribution is -2.16. The summed E-state index contributed by atoms with van der Waals surface area (Å²) in [5.74, 6) is 0.0236. The van der Waals surface area contributed by atoms with Crippen molar-refractivity contribution >= 4 is 29.0 Å². The minimum atomic E-state index is -0.402. The molecule has 0 radical (unpaired) electrons. The molecular formula is C21H20FN5O2. The van der Waals surface area contributed by atoms with Crippen molar-refractivity contribution in [2.24, 2.45) is 0 Å². The lowest BCUT2D eigenvalue weighted by atomic mass is 10.2. The van der Waals surface area contributed by atoms with Crippen molar-refractivity contribution in [2.45, 2.75) is 20.4 Å². The van der Waals surface area contributed by atoms with Crippen molar-refractivity contribution in [3.8, 4) is 0 Å². The minimum absolute atomic E-state index is 0.197. The zero-order valence-electron chi connectivity index (χ0n) is 16.0. The molecule has 148 valence electrons. The van der Waals surface area contributed by atoms with Gasteiger partial charge in [0.25, 0.3) is 5.91 Å². The monoisotopic (exact) mass is 393 g/mol. The molecule has 3 rings (SSSR count). The fourth-order valence-corrected chi connectivity index (χ4v) is 2.64. The number of nitrogens with zero attached hydrogens (tertiary/aromatic N) is 2. The van der Waals surface area contributed by atoms with E-state index in [1.807, 2.05) is 0 Å². The van der Waals surface area contributed by atoms with Crippen LogP contribution < -0.4 is 16.0 Å². The van der Waals surface area contributed by atoms with Gasteiger partial charge in [-0.05, 0) is 42.8 Å². The van der Waals surface area contributed by atoms with Crippen molar-refractivity contribution in [3.05, 3.63) is 77.5 Å². The van der Waals surface area contributed by atoms with Gasteiger partial charge in [-0.3, -0.25) is 9.59 Å². The highest BCUT2D eigenvalue weighted by Crippen LogP contribution is 2.17. The molecule has 0 aliphatic heterocycles. The molecule has 29 heavy (non-hydrogen) atoms. The van der Waals surface area contributed by atoms with Gasteiger partial charge in [-0.25, -0.2) is 14.4 Å². The quantitative estimate of drug-likeness (QED) is 0.593. The number of halogens is 1. The van der Waals surface area contributed by atoms with E-state index in [2.05, 4.69) is 25.9 Å². The third kappa shape index (κ3) is 5.83.